The molecule has 0 saturated carbocycles. The summed E-state index contributed by atoms with van der Waals surface area (Å²) in [4.78, 5) is 35.0. The van der Waals surface area contributed by atoms with Crippen LogP contribution in [-0.4, -0.2) is 61.5 Å². The number of carbonyl (C=O) groups is 2. The number of aliphatic hydroxyl groups excluding tert-OH is 1. The number of aromatic nitrogens is 4. The molecular weight excluding hydrogens is 334 g/mol. The minimum atomic E-state index is -0.993. The summed E-state index contributed by atoms with van der Waals surface area (Å²) in [5.74, 6) is -0.999. The number of ether oxygens (including phenoxy) is 3. The molecule has 0 amide bonds. The zero-order valence-corrected chi connectivity index (χ0v) is 13.5. The van der Waals surface area contributed by atoms with Crippen molar-refractivity contribution in [1.82, 2.24) is 19.5 Å². The Bertz CT molecular complexity index is 808. The van der Waals surface area contributed by atoms with Crippen LogP contribution < -0.4 is 5.73 Å². The molecule has 1 saturated heterocycles. The number of rotatable bonds is 4. The number of fused-ring (bicyclic) bond motifs is 1. The maximum absolute atomic E-state index is 11.5. The number of aliphatic hydroxyl groups is 1. The summed E-state index contributed by atoms with van der Waals surface area (Å²) < 4.78 is 17.7. The molecule has 11 nitrogen and oxygen atoms in total. The van der Waals surface area contributed by atoms with E-state index in [-0.39, 0.29) is 5.82 Å². The van der Waals surface area contributed by atoms with Crippen molar-refractivity contribution < 1.29 is 28.9 Å². The first-order valence-electron chi connectivity index (χ1n) is 7.46. The summed E-state index contributed by atoms with van der Waals surface area (Å²) in [6.07, 6.45) is -1.10. The largest absolute Gasteiger partial charge is 0.456 e. The Morgan fingerprint density at radius 3 is 2.56 bits per heavy atom. The van der Waals surface area contributed by atoms with Gasteiger partial charge in [0, 0.05) is 13.8 Å². The Labute approximate surface area is 141 Å². The van der Waals surface area contributed by atoms with Gasteiger partial charge in [-0.05, 0) is 0 Å². The molecule has 0 aliphatic carbocycles. The Morgan fingerprint density at radius 1 is 1.24 bits per heavy atom. The van der Waals surface area contributed by atoms with Gasteiger partial charge in [-0.1, -0.05) is 0 Å². The summed E-state index contributed by atoms with van der Waals surface area (Å²) in [5.41, 5.74) is 6.48. The van der Waals surface area contributed by atoms with Crippen molar-refractivity contribution in [3.8, 4) is 0 Å². The van der Waals surface area contributed by atoms with Crippen molar-refractivity contribution >= 4 is 28.9 Å². The molecular formula is C14H17N5O6. The van der Waals surface area contributed by atoms with Crippen molar-refractivity contribution in [1.29, 1.82) is 0 Å². The molecule has 2 aromatic rings. The molecule has 3 rings (SSSR count). The van der Waals surface area contributed by atoms with Crippen molar-refractivity contribution in [3.05, 3.63) is 12.7 Å². The third-order valence-electron chi connectivity index (χ3n) is 3.73. The van der Waals surface area contributed by atoms with E-state index in [1.54, 1.807) is 0 Å². The van der Waals surface area contributed by atoms with E-state index in [0.29, 0.717) is 11.2 Å². The first kappa shape index (κ1) is 17.0. The number of nitrogens with zero attached hydrogens (tertiary/aromatic N) is 4. The highest BCUT2D eigenvalue weighted by molar-refractivity contribution is 5.81. The Hall–Kier alpha value is -2.79. The lowest BCUT2D eigenvalue weighted by Gasteiger charge is -2.23. The molecule has 2 aromatic heterocycles. The monoisotopic (exact) mass is 351 g/mol. The number of nitrogen functional groups attached to an aromatic ring is 1. The normalized spacial score (nSPS) is 25.9. The van der Waals surface area contributed by atoms with Crippen LogP contribution in [0.4, 0.5) is 5.82 Å². The van der Waals surface area contributed by atoms with Gasteiger partial charge in [0.25, 0.3) is 0 Å². The second-order valence-corrected chi connectivity index (χ2v) is 5.48. The summed E-state index contributed by atoms with van der Waals surface area (Å²) >= 11 is 0. The fraction of sp³-hybridized carbons (Fsp3) is 0.500. The molecule has 3 N–H and O–H groups in total. The molecule has 0 unspecified atom stereocenters. The lowest BCUT2D eigenvalue weighted by molar-refractivity contribution is -0.165. The van der Waals surface area contributed by atoms with Crippen LogP contribution in [-0.2, 0) is 23.8 Å². The number of anilines is 1. The van der Waals surface area contributed by atoms with E-state index in [1.165, 1.54) is 31.1 Å². The molecule has 3 heterocycles. The van der Waals surface area contributed by atoms with Gasteiger partial charge in [0.15, 0.2) is 29.9 Å². The van der Waals surface area contributed by atoms with Crippen LogP contribution in [0.3, 0.4) is 0 Å². The first-order valence-corrected chi connectivity index (χ1v) is 7.46. The van der Waals surface area contributed by atoms with E-state index in [4.69, 9.17) is 19.9 Å². The molecule has 0 aromatic carbocycles. The van der Waals surface area contributed by atoms with Crippen LogP contribution in [0, 0.1) is 0 Å². The van der Waals surface area contributed by atoms with Crippen LogP contribution in [0.15, 0.2) is 12.7 Å². The average molecular weight is 351 g/mol. The predicted octanol–water partition coefficient (Wildman–Crippen LogP) is -0.838. The molecule has 1 aliphatic heterocycles. The lowest BCUT2D eigenvalue weighted by atomic mass is 10.1. The second kappa shape index (κ2) is 6.61. The molecule has 11 heteroatoms. The van der Waals surface area contributed by atoms with E-state index >= 15 is 0 Å². The zero-order valence-electron chi connectivity index (χ0n) is 13.5. The highest BCUT2D eigenvalue weighted by Gasteiger charge is 2.50. The zero-order chi connectivity index (χ0) is 18.1. The molecule has 0 bridgehead atoms. The molecule has 0 spiro atoms. The van der Waals surface area contributed by atoms with Gasteiger partial charge >= 0.3 is 11.9 Å². The summed E-state index contributed by atoms with van der Waals surface area (Å²) in [5, 5.41) is 9.55. The average Bonchev–Trinajstić information content (AvgIpc) is 3.10. The number of hydrogen-bond acceptors (Lipinski definition) is 10. The molecule has 1 fully saturated rings. The number of nitrogens with two attached hydrogens (primary N) is 1. The summed E-state index contributed by atoms with van der Waals surface area (Å²) in [6, 6.07) is 0. The minimum absolute atomic E-state index is 0.182. The molecule has 134 valence electrons. The Kier molecular flexibility index (Phi) is 4.51. The summed E-state index contributed by atoms with van der Waals surface area (Å²) in [7, 11) is 0. The van der Waals surface area contributed by atoms with Crippen LogP contribution in [0.2, 0.25) is 0 Å². The number of imidazole rings is 1. The quantitative estimate of drug-likeness (QED) is 0.667. The maximum atomic E-state index is 11.5. The van der Waals surface area contributed by atoms with Crippen LogP contribution >= 0.6 is 0 Å². The van der Waals surface area contributed by atoms with Gasteiger partial charge in [-0.25, -0.2) is 15.0 Å². The van der Waals surface area contributed by atoms with Gasteiger partial charge in [-0.15, -0.1) is 0 Å². The van der Waals surface area contributed by atoms with Gasteiger partial charge in [0.1, 0.15) is 17.9 Å². The maximum Gasteiger partial charge on any atom is 0.303 e. The van der Waals surface area contributed by atoms with E-state index in [1.807, 2.05) is 0 Å². The number of hydrogen-bond donors (Lipinski definition) is 2. The number of carbonyl (C=O) groups excluding carboxylic acids is 2. The van der Waals surface area contributed by atoms with E-state index in [9.17, 15) is 14.7 Å². The van der Waals surface area contributed by atoms with Crippen molar-refractivity contribution in [2.45, 2.75) is 38.4 Å². The van der Waals surface area contributed by atoms with Gasteiger partial charge < -0.3 is 25.1 Å². The highest BCUT2D eigenvalue weighted by Crippen LogP contribution is 2.35. The SMILES string of the molecule is CC(=O)O[C@@H]1[C@H](OC(C)=O)[C@H](CO)O[C@@H]1n1cnc2c(N)ncnc21. The van der Waals surface area contributed by atoms with Crippen molar-refractivity contribution in [2.75, 3.05) is 12.3 Å². The van der Waals surface area contributed by atoms with Crippen molar-refractivity contribution in [2.24, 2.45) is 0 Å². The van der Waals surface area contributed by atoms with E-state index < -0.39 is 43.1 Å². The van der Waals surface area contributed by atoms with Crippen LogP contribution in [0.25, 0.3) is 11.2 Å². The Balaban J connectivity index is 2.04. The summed E-state index contributed by atoms with van der Waals surface area (Å²) in [6.45, 7) is 2.00. The van der Waals surface area contributed by atoms with E-state index in [0.717, 1.165) is 0 Å². The molecule has 1 aliphatic rings. The topological polar surface area (TPSA) is 152 Å². The second-order valence-electron chi connectivity index (χ2n) is 5.48. The molecule has 4 atom stereocenters. The standard InChI is InChI=1S/C14H17N5O6/c1-6(21)23-10-8(3-20)25-14(11(10)24-7(2)22)19-5-18-9-12(15)16-4-17-13(9)19/h4-5,8,10-11,14,20H,3H2,1-2H3,(H2,15,16,17)/t8-,10+,11+,14-/m0/s1. The van der Waals surface area contributed by atoms with Gasteiger partial charge in [0.2, 0.25) is 0 Å². The van der Waals surface area contributed by atoms with Gasteiger partial charge in [-0.3, -0.25) is 14.2 Å². The lowest BCUT2D eigenvalue weighted by Crippen LogP contribution is -2.40. The Morgan fingerprint density at radius 2 is 1.92 bits per heavy atom. The van der Waals surface area contributed by atoms with Crippen LogP contribution in [0.5, 0.6) is 0 Å². The fourth-order valence-electron chi connectivity index (χ4n) is 2.79. The number of esters is 2. The van der Waals surface area contributed by atoms with Crippen molar-refractivity contribution in [3.63, 3.8) is 0 Å². The third-order valence-corrected chi connectivity index (χ3v) is 3.73. The van der Waals surface area contributed by atoms with Gasteiger partial charge in [-0.2, -0.15) is 0 Å². The first-order chi connectivity index (χ1) is 11.9. The third kappa shape index (κ3) is 3.10. The van der Waals surface area contributed by atoms with E-state index in [2.05, 4.69) is 15.0 Å². The van der Waals surface area contributed by atoms with Gasteiger partial charge in [0.05, 0.1) is 12.9 Å². The molecule has 0 radical (unpaired) electrons. The predicted molar refractivity (Wildman–Crippen MR) is 81.8 cm³/mol. The molecule has 25 heavy (non-hydrogen) atoms. The van der Waals surface area contributed by atoms with Crippen LogP contribution in [0.1, 0.15) is 20.1 Å². The minimum Gasteiger partial charge on any atom is -0.456 e. The smallest absolute Gasteiger partial charge is 0.303 e. The fourth-order valence-corrected chi connectivity index (χ4v) is 2.79. The highest BCUT2D eigenvalue weighted by atomic mass is 16.6.